The Kier molecular flexibility index (Phi) is 6.26. The molecule has 2 rings (SSSR count). The third kappa shape index (κ3) is 5.54. The number of benzene rings is 1. The van der Waals surface area contributed by atoms with E-state index in [1.165, 1.54) is 37.6 Å². The van der Waals surface area contributed by atoms with Crippen LogP contribution in [0.15, 0.2) is 47.1 Å². The van der Waals surface area contributed by atoms with Gasteiger partial charge >= 0.3 is 12.1 Å². The topological polar surface area (TPSA) is 80.6 Å². The van der Waals surface area contributed by atoms with Crippen molar-refractivity contribution in [3.63, 3.8) is 0 Å². The zero-order valence-corrected chi connectivity index (χ0v) is 13.8. The molecule has 0 saturated heterocycles. The fraction of sp³-hybridized carbons (Fsp3) is 0.294. The highest BCUT2D eigenvalue weighted by Crippen LogP contribution is 2.23. The number of halogens is 3. The van der Waals surface area contributed by atoms with Crippen molar-refractivity contribution in [2.45, 2.75) is 25.2 Å². The van der Waals surface area contributed by atoms with Crippen LogP contribution in [0.5, 0.6) is 5.75 Å². The van der Waals surface area contributed by atoms with Crippen LogP contribution in [-0.2, 0) is 16.1 Å². The van der Waals surface area contributed by atoms with Crippen LogP contribution in [0.1, 0.15) is 23.8 Å². The molecule has 0 spiro atoms. The van der Waals surface area contributed by atoms with Crippen molar-refractivity contribution in [3.8, 4) is 5.75 Å². The van der Waals surface area contributed by atoms with Crippen molar-refractivity contribution in [2.75, 3.05) is 7.11 Å². The number of amides is 2. The standard InChI is InChI=1S/C17H17F3N2O4/c1-25-12-6-4-11(5-7-12)14(22-16(24)17(18,19)20)9-15(23)21-10-13-3-2-8-26-13/h2-8,14H,9-10H2,1H3,(H,21,23)(H,22,24)/t14-/m0/s1. The maximum absolute atomic E-state index is 12.6. The van der Waals surface area contributed by atoms with Crippen LogP contribution in [-0.4, -0.2) is 25.1 Å². The largest absolute Gasteiger partial charge is 0.497 e. The molecule has 1 atom stereocenters. The Hall–Kier alpha value is -2.97. The van der Waals surface area contributed by atoms with Gasteiger partial charge in [-0.1, -0.05) is 12.1 Å². The smallest absolute Gasteiger partial charge is 0.471 e. The second kappa shape index (κ2) is 8.41. The van der Waals surface area contributed by atoms with E-state index >= 15 is 0 Å². The van der Waals surface area contributed by atoms with Gasteiger partial charge < -0.3 is 19.8 Å². The lowest BCUT2D eigenvalue weighted by Gasteiger charge is -2.20. The molecule has 0 aliphatic rings. The van der Waals surface area contributed by atoms with Crippen molar-refractivity contribution in [1.29, 1.82) is 0 Å². The van der Waals surface area contributed by atoms with E-state index in [2.05, 4.69) is 5.32 Å². The second-order valence-corrected chi connectivity index (χ2v) is 5.36. The molecule has 1 heterocycles. The highest BCUT2D eigenvalue weighted by molar-refractivity contribution is 5.83. The lowest BCUT2D eigenvalue weighted by atomic mass is 10.0. The van der Waals surface area contributed by atoms with Crippen molar-refractivity contribution >= 4 is 11.8 Å². The number of carbonyl (C=O) groups excluding carboxylic acids is 2. The van der Waals surface area contributed by atoms with Gasteiger partial charge in [0.2, 0.25) is 5.91 Å². The molecule has 0 saturated carbocycles. The minimum atomic E-state index is -5.05. The van der Waals surface area contributed by atoms with Gasteiger partial charge in [0.1, 0.15) is 11.5 Å². The van der Waals surface area contributed by atoms with Gasteiger partial charge in [-0.2, -0.15) is 13.2 Å². The maximum atomic E-state index is 12.6. The highest BCUT2D eigenvalue weighted by Gasteiger charge is 2.40. The Morgan fingerprint density at radius 1 is 1.19 bits per heavy atom. The predicted octanol–water partition coefficient (Wildman–Crippen LogP) is 2.71. The van der Waals surface area contributed by atoms with Gasteiger partial charge in [0, 0.05) is 0 Å². The number of ether oxygens (including phenoxy) is 1. The molecule has 140 valence electrons. The Balaban J connectivity index is 2.08. The number of furan rings is 1. The fourth-order valence-electron chi connectivity index (χ4n) is 2.18. The van der Waals surface area contributed by atoms with Crippen LogP contribution in [0.3, 0.4) is 0 Å². The second-order valence-electron chi connectivity index (χ2n) is 5.36. The highest BCUT2D eigenvalue weighted by atomic mass is 19.4. The first-order chi connectivity index (χ1) is 12.3. The zero-order chi connectivity index (χ0) is 19.2. The van der Waals surface area contributed by atoms with Gasteiger partial charge in [0.25, 0.3) is 0 Å². The molecule has 6 nitrogen and oxygen atoms in total. The summed E-state index contributed by atoms with van der Waals surface area (Å²) >= 11 is 0. The third-order valence-electron chi connectivity index (χ3n) is 3.51. The first-order valence-corrected chi connectivity index (χ1v) is 7.60. The van der Waals surface area contributed by atoms with E-state index in [1.54, 1.807) is 12.1 Å². The molecule has 0 aliphatic heterocycles. The first-order valence-electron chi connectivity index (χ1n) is 7.60. The number of methoxy groups -OCH3 is 1. The molecule has 9 heteroatoms. The summed E-state index contributed by atoms with van der Waals surface area (Å²) in [5.41, 5.74) is 0.344. The maximum Gasteiger partial charge on any atom is 0.471 e. The molecular weight excluding hydrogens is 353 g/mol. The number of rotatable bonds is 7. The van der Waals surface area contributed by atoms with Crippen molar-refractivity contribution < 1.29 is 31.9 Å². The van der Waals surface area contributed by atoms with Gasteiger partial charge in [-0.25, -0.2) is 0 Å². The SMILES string of the molecule is COc1ccc([C@H](CC(=O)NCc2ccco2)NC(=O)C(F)(F)F)cc1. The van der Waals surface area contributed by atoms with Gasteiger partial charge in [0.15, 0.2) is 0 Å². The van der Waals surface area contributed by atoms with E-state index in [1.807, 2.05) is 5.32 Å². The molecule has 26 heavy (non-hydrogen) atoms. The van der Waals surface area contributed by atoms with Gasteiger partial charge in [-0.3, -0.25) is 9.59 Å². The van der Waals surface area contributed by atoms with E-state index < -0.39 is 24.0 Å². The Morgan fingerprint density at radius 2 is 1.88 bits per heavy atom. The zero-order valence-electron chi connectivity index (χ0n) is 13.8. The summed E-state index contributed by atoms with van der Waals surface area (Å²) in [7, 11) is 1.44. The monoisotopic (exact) mass is 370 g/mol. The van der Waals surface area contributed by atoms with Crippen LogP contribution < -0.4 is 15.4 Å². The fourth-order valence-corrected chi connectivity index (χ4v) is 2.18. The van der Waals surface area contributed by atoms with Crippen molar-refractivity contribution in [2.24, 2.45) is 0 Å². The predicted molar refractivity (Wildman–Crippen MR) is 85.1 cm³/mol. The summed E-state index contributed by atoms with van der Waals surface area (Å²) in [5.74, 6) is -1.66. The summed E-state index contributed by atoms with van der Waals surface area (Å²) in [4.78, 5) is 23.4. The lowest BCUT2D eigenvalue weighted by molar-refractivity contribution is -0.174. The van der Waals surface area contributed by atoms with Crippen LogP contribution in [0.4, 0.5) is 13.2 Å². The Morgan fingerprint density at radius 3 is 2.42 bits per heavy atom. The average molecular weight is 370 g/mol. The molecule has 2 aromatic rings. The van der Waals surface area contributed by atoms with Gasteiger partial charge in [-0.15, -0.1) is 0 Å². The summed E-state index contributed by atoms with van der Waals surface area (Å²) < 4.78 is 47.8. The molecule has 2 N–H and O–H groups in total. The molecule has 0 radical (unpaired) electrons. The average Bonchev–Trinajstić information content (AvgIpc) is 3.12. The van der Waals surface area contributed by atoms with E-state index in [9.17, 15) is 22.8 Å². The van der Waals surface area contributed by atoms with Crippen molar-refractivity contribution in [3.05, 3.63) is 54.0 Å². The number of hydrogen-bond donors (Lipinski definition) is 2. The van der Waals surface area contributed by atoms with E-state index in [0.29, 0.717) is 17.1 Å². The normalized spacial score (nSPS) is 12.3. The van der Waals surface area contributed by atoms with Crippen LogP contribution in [0, 0.1) is 0 Å². The number of nitrogens with one attached hydrogen (secondary N) is 2. The quantitative estimate of drug-likeness (QED) is 0.785. The van der Waals surface area contributed by atoms with Gasteiger partial charge in [0.05, 0.1) is 32.4 Å². The van der Waals surface area contributed by atoms with E-state index in [-0.39, 0.29) is 13.0 Å². The van der Waals surface area contributed by atoms with E-state index in [4.69, 9.17) is 9.15 Å². The Labute approximate surface area is 147 Å². The molecule has 1 aromatic carbocycles. The number of carbonyl (C=O) groups is 2. The van der Waals surface area contributed by atoms with Crippen molar-refractivity contribution in [1.82, 2.24) is 10.6 Å². The third-order valence-corrected chi connectivity index (χ3v) is 3.51. The van der Waals surface area contributed by atoms with Crippen LogP contribution in [0.2, 0.25) is 0 Å². The summed E-state index contributed by atoms with van der Waals surface area (Å²) in [6.07, 6.45) is -3.98. The molecule has 0 bridgehead atoms. The van der Waals surface area contributed by atoms with Gasteiger partial charge in [-0.05, 0) is 29.8 Å². The number of alkyl halides is 3. The molecule has 0 fully saturated rings. The molecule has 1 aromatic heterocycles. The molecular formula is C17H17F3N2O4. The Bertz CT molecular complexity index is 727. The lowest BCUT2D eigenvalue weighted by Crippen LogP contribution is -2.40. The van der Waals surface area contributed by atoms with Crippen LogP contribution in [0.25, 0.3) is 0 Å². The molecule has 0 unspecified atom stereocenters. The summed E-state index contributed by atoms with van der Waals surface area (Å²) in [5, 5.41) is 4.38. The summed E-state index contributed by atoms with van der Waals surface area (Å²) in [6.45, 7) is 0.0916. The minimum absolute atomic E-state index is 0.0916. The molecule has 0 aliphatic carbocycles. The van der Waals surface area contributed by atoms with E-state index in [0.717, 1.165) is 0 Å². The molecule has 2 amide bonds. The minimum Gasteiger partial charge on any atom is -0.497 e. The summed E-state index contributed by atoms with van der Waals surface area (Å²) in [6, 6.07) is 8.18. The number of hydrogen-bond acceptors (Lipinski definition) is 4. The first kappa shape index (κ1) is 19.4. The van der Waals surface area contributed by atoms with Crippen LogP contribution >= 0.6 is 0 Å².